The monoisotopic (exact) mass is 383 g/mol. The van der Waals surface area contributed by atoms with Gasteiger partial charge in [0.25, 0.3) is 0 Å². The number of nitrogens with one attached hydrogen (secondary N) is 2. The number of hydrogen-bond donors (Lipinski definition) is 2. The molecule has 6 nitrogen and oxygen atoms in total. The lowest BCUT2D eigenvalue weighted by molar-refractivity contribution is 0.572. The molecule has 3 rings (SSSR count). The Morgan fingerprint density at radius 2 is 1.85 bits per heavy atom. The van der Waals surface area contributed by atoms with Crippen molar-refractivity contribution in [2.45, 2.75) is 26.7 Å². The first-order chi connectivity index (χ1) is 13.1. The summed E-state index contributed by atoms with van der Waals surface area (Å²) in [6.45, 7) is 5.67. The molecule has 0 radical (unpaired) electrons. The zero-order chi connectivity index (χ0) is 19.1. The fourth-order valence-electron chi connectivity index (χ4n) is 2.58. The molecule has 0 saturated carbocycles. The van der Waals surface area contributed by atoms with Crippen LogP contribution in [0.3, 0.4) is 0 Å². The zero-order valence-electron chi connectivity index (χ0n) is 16.0. The van der Waals surface area contributed by atoms with Crippen LogP contribution in [0.1, 0.15) is 21.1 Å². The van der Waals surface area contributed by atoms with Gasteiger partial charge in [-0.15, -0.1) is 11.3 Å². The fourth-order valence-corrected chi connectivity index (χ4v) is 3.37. The molecule has 2 N–H and O–H groups in total. The van der Waals surface area contributed by atoms with Crippen LogP contribution < -0.4 is 10.6 Å². The van der Waals surface area contributed by atoms with Gasteiger partial charge in [0, 0.05) is 49.6 Å². The minimum atomic E-state index is 0.659. The molecule has 0 spiro atoms. The van der Waals surface area contributed by atoms with E-state index in [1.807, 2.05) is 18.3 Å². The lowest BCUT2D eigenvalue weighted by Gasteiger charge is -2.10. The van der Waals surface area contributed by atoms with Gasteiger partial charge in [0.1, 0.15) is 6.26 Å². The second kappa shape index (κ2) is 9.32. The molecule has 2 heterocycles. The van der Waals surface area contributed by atoms with Crippen LogP contribution in [0.25, 0.3) is 11.5 Å². The number of aromatic nitrogens is 2. The van der Waals surface area contributed by atoms with Crippen LogP contribution in [0.2, 0.25) is 0 Å². The van der Waals surface area contributed by atoms with E-state index in [9.17, 15) is 0 Å². The van der Waals surface area contributed by atoms with Crippen molar-refractivity contribution in [3.05, 3.63) is 57.9 Å². The van der Waals surface area contributed by atoms with Crippen LogP contribution in [-0.4, -0.2) is 36.1 Å². The molecule has 142 valence electrons. The van der Waals surface area contributed by atoms with Crippen LogP contribution in [0.5, 0.6) is 0 Å². The molecular formula is C20H25N5OS. The molecule has 3 aromatic rings. The molecule has 0 saturated heterocycles. The van der Waals surface area contributed by atoms with Gasteiger partial charge < -0.3 is 15.1 Å². The lowest BCUT2D eigenvalue weighted by atomic mass is 10.1. The van der Waals surface area contributed by atoms with Crippen molar-refractivity contribution in [2.24, 2.45) is 4.99 Å². The van der Waals surface area contributed by atoms with E-state index in [-0.39, 0.29) is 0 Å². The van der Waals surface area contributed by atoms with Crippen LogP contribution in [0.15, 0.2) is 46.1 Å². The van der Waals surface area contributed by atoms with Gasteiger partial charge in [-0.25, -0.2) is 9.97 Å². The molecule has 0 aliphatic carbocycles. The minimum Gasteiger partial charge on any atom is -0.444 e. The van der Waals surface area contributed by atoms with Crippen molar-refractivity contribution < 1.29 is 4.42 Å². The lowest BCUT2D eigenvalue weighted by Crippen LogP contribution is -2.39. The highest BCUT2D eigenvalue weighted by atomic mass is 32.1. The SMILES string of the molecule is CN=C(NCCc1coc(-c2ccc(C)cc2)n1)NCCc1ncc(C)s1. The van der Waals surface area contributed by atoms with Gasteiger partial charge in [-0.05, 0) is 26.0 Å². The molecule has 2 aromatic heterocycles. The van der Waals surface area contributed by atoms with Crippen molar-refractivity contribution in [3.63, 3.8) is 0 Å². The number of aryl methyl sites for hydroxylation is 2. The predicted molar refractivity (Wildman–Crippen MR) is 110 cm³/mol. The van der Waals surface area contributed by atoms with Gasteiger partial charge in [0.05, 0.1) is 10.7 Å². The van der Waals surface area contributed by atoms with Gasteiger partial charge in [-0.3, -0.25) is 4.99 Å². The van der Waals surface area contributed by atoms with Gasteiger partial charge in [0.2, 0.25) is 5.89 Å². The van der Waals surface area contributed by atoms with E-state index in [0.717, 1.165) is 48.2 Å². The Morgan fingerprint density at radius 1 is 1.11 bits per heavy atom. The topological polar surface area (TPSA) is 75.3 Å². The fraction of sp³-hybridized carbons (Fsp3) is 0.350. The number of oxazole rings is 1. The van der Waals surface area contributed by atoms with E-state index in [4.69, 9.17) is 4.42 Å². The summed E-state index contributed by atoms with van der Waals surface area (Å²) >= 11 is 1.73. The average Bonchev–Trinajstić information content (AvgIpc) is 3.30. The number of aliphatic imine (C=N–C) groups is 1. The molecule has 0 bridgehead atoms. The van der Waals surface area contributed by atoms with Crippen molar-refractivity contribution in [2.75, 3.05) is 20.1 Å². The number of hydrogen-bond acceptors (Lipinski definition) is 5. The number of thiazole rings is 1. The third-order valence-corrected chi connectivity index (χ3v) is 5.02. The van der Waals surface area contributed by atoms with Gasteiger partial charge in [-0.2, -0.15) is 0 Å². The van der Waals surface area contributed by atoms with E-state index < -0.39 is 0 Å². The van der Waals surface area contributed by atoms with Crippen molar-refractivity contribution in [1.82, 2.24) is 20.6 Å². The van der Waals surface area contributed by atoms with Gasteiger partial charge >= 0.3 is 0 Å². The molecule has 1 aromatic carbocycles. The van der Waals surface area contributed by atoms with E-state index >= 15 is 0 Å². The maximum absolute atomic E-state index is 5.60. The molecule has 27 heavy (non-hydrogen) atoms. The molecular weight excluding hydrogens is 358 g/mol. The third-order valence-electron chi connectivity index (χ3n) is 4.05. The summed E-state index contributed by atoms with van der Waals surface area (Å²) in [6, 6.07) is 8.17. The van der Waals surface area contributed by atoms with E-state index in [1.165, 1.54) is 10.4 Å². The van der Waals surface area contributed by atoms with Crippen molar-refractivity contribution in [3.8, 4) is 11.5 Å². The molecule has 0 atom stereocenters. The van der Waals surface area contributed by atoms with Gasteiger partial charge in [-0.1, -0.05) is 17.7 Å². The maximum atomic E-state index is 5.60. The summed E-state index contributed by atoms with van der Waals surface area (Å²) in [6.07, 6.45) is 5.29. The Morgan fingerprint density at radius 3 is 2.52 bits per heavy atom. The number of rotatable bonds is 7. The first-order valence-electron chi connectivity index (χ1n) is 9.01. The highest BCUT2D eigenvalue weighted by Gasteiger charge is 2.07. The number of guanidine groups is 1. The largest absolute Gasteiger partial charge is 0.444 e. The summed E-state index contributed by atoms with van der Waals surface area (Å²) < 4.78 is 5.60. The highest BCUT2D eigenvalue weighted by molar-refractivity contribution is 7.11. The summed E-state index contributed by atoms with van der Waals surface area (Å²) in [7, 11) is 1.77. The number of benzene rings is 1. The Balaban J connectivity index is 1.42. The first-order valence-corrected chi connectivity index (χ1v) is 9.83. The Labute approximate surface area is 163 Å². The molecule has 0 amide bonds. The van der Waals surface area contributed by atoms with E-state index in [2.05, 4.69) is 51.6 Å². The highest BCUT2D eigenvalue weighted by Crippen LogP contribution is 2.19. The number of nitrogens with zero attached hydrogens (tertiary/aromatic N) is 3. The molecule has 0 unspecified atom stereocenters. The Hall–Kier alpha value is -2.67. The average molecular weight is 384 g/mol. The van der Waals surface area contributed by atoms with E-state index in [1.54, 1.807) is 24.6 Å². The molecule has 7 heteroatoms. The van der Waals surface area contributed by atoms with Crippen LogP contribution >= 0.6 is 11.3 Å². The van der Waals surface area contributed by atoms with E-state index in [0.29, 0.717) is 5.89 Å². The van der Waals surface area contributed by atoms with Crippen molar-refractivity contribution in [1.29, 1.82) is 0 Å². The second-order valence-corrected chi connectivity index (χ2v) is 7.62. The Bertz CT molecular complexity index is 882. The summed E-state index contributed by atoms with van der Waals surface area (Å²) in [4.78, 5) is 14.4. The van der Waals surface area contributed by atoms with Crippen molar-refractivity contribution >= 4 is 17.3 Å². The second-order valence-electron chi connectivity index (χ2n) is 6.30. The summed E-state index contributed by atoms with van der Waals surface area (Å²) in [5.41, 5.74) is 3.14. The summed E-state index contributed by atoms with van der Waals surface area (Å²) in [5.74, 6) is 1.44. The Kier molecular flexibility index (Phi) is 6.59. The standard InChI is InChI=1S/C20H25N5OS/c1-14-4-6-16(7-5-14)19-25-17(13-26-19)8-10-22-20(21-3)23-11-9-18-24-12-15(2)27-18/h4-7,12-13H,8-11H2,1-3H3,(H2,21,22,23). The van der Waals surface area contributed by atoms with Gasteiger partial charge in [0.15, 0.2) is 5.96 Å². The molecule has 0 fully saturated rings. The predicted octanol–water partition coefficient (Wildman–Crippen LogP) is 3.37. The van der Waals surface area contributed by atoms with Crippen LogP contribution in [0, 0.1) is 13.8 Å². The van der Waals surface area contributed by atoms with Crippen LogP contribution in [0.4, 0.5) is 0 Å². The first kappa shape index (κ1) is 19.1. The van der Waals surface area contributed by atoms with Crippen LogP contribution in [-0.2, 0) is 12.8 Å². The quantitative estimate of drug-likeness (QED) is 0.483. The normalized spacial score (nSPS) is 11.6. The zero-order valence-corrected chi connectivity index (χ0v) is 16.8. The maximum Gasteiger partial charge on any atom is 0.226 e. The molecule has 0 aliphatic heterocycles. The summed E-state index contributed by atoms with van der Waals surface area (Å²) in [5, 5.41) is 7.76. The smallest absolute Gasteiger partial charge is 0.226 e. The minimum absolute atomic E-state index is 0.659. The third kappa shape index (κ3) is 5.65. The molecule has 0 aliphatic rings.